The summed E-state index contributed by atoms with van der Waals surface area (Å²) in [6, 6.07) is 3.77. The molecule has 0 aromatic heterocycles. The number of rotatable bonds is 7. The molecular formula is C18H22N2O7. The number of hydrogen-bond acceptors (Lipinski definition) is 7. The molecule has 1 atom stereocenters. The van der Waals surface area contributed by atoms with Crippen LogP contribution in [-0.2, 0) is 14.3 Å². The van der Waals surface area contributed by atoms with Gasteiger partial charge >= 0.3 is 12.0 Å². The Morgan fingerprint density at radius 2 is 1.78 bits per heavy atom. The van der Waals surface area contributed by atoms with E-state index in [1.54, 1.807) is 32.0 Å². The quantitative estimate of drug-likeness (QED) is 0.537. The number of carbonyl (C=O) groups is 4. The van der Waals surface area contributed by atoms with Crippen LogP contribution < -0.4 is 20.5 Å². The van der Waals surface area contributed by atoms with Crippen molar-refractivity contribution in [3.8, 4) is 11.5 Å². The normalized spacial score (nSPS) is 13.6. The van der Waals surface area contributed by atoms with Crippen molar-refractivity contribution in [3.63, 3.8) is 0 Å². The Morgan fingerprint density at radius 3 is 2.41 bits per heavy atom. The van der Waals surface area contributed by atoms with Crippen molar-refractivity contribution >= 4 is 23.7 Å². The fourth-order valence-corrected chi connectivity index (χ4v) is 2.46. The van der Waals surface area contributed by atoms with Crippen molar-refractivity contribution in [2.75, 3.05) is 13.2 Å². The first-order valence-electron chi connectivity index (χ1n) is 8.50. The van der Waals surface area contributed by atoms with E-state index >= 15 is 0 Å². The van der Waals surface area contributed by atoms with E-state index in [1.807, 2.05) is 5.32 Å². The summed E-state index contributed by atoms with van der Waals surface area (Å²) in [7, 11) is 0. The van der Waals surface area contributed by atoms with Crippen LogP contribution in [0, 0.1) is 5.92 Å². The third-order valence-electron chi connectivity index (χ3n) is 3.79. The Kier molecular flexibility index (Phi) is 6.75. The van der Waals surface area contributed by atoms with Gasteiger partial charge in [0, 0.05) is 12.0 Å². The molecule has 0 bridgehead atoms. The fourth-order valence-electron chi connectivity index (χ4n) is 2.46. The third-order valence-corrected chi connectivity index (χ3v) is 3.79. The molecule has 1 aromatic carbocycles. The Bertz CT molecular complexity index is 745. The van der Waals surface area contributed by atoms with E-state index < -0.39 is 24.0 Å². The molecule has 0 aliphatic carbocycles. The number of urea groups is 1. The molecule has 0 saturated heterocycles. The summed E-state index contributed by atoms with van der Waals surface area (Å²) < 4.78 is 15.9. The predicted molar refractivity (Wildman–Crippen MR) is 93.4 cm³/mol. The summed E-state index contributed by atoms with van der Waals surface area (Å²) in [5.74, 6) is -1.12. The maximum absolute atomic E-state index is 12.3. The van der Waals surface area contributed by atoms with Gasteiger partial charge in [0.05, 0.1) is 6.42 Å². The number of esters is 1. The standard InChI is InChI=1S/C18H22N2O7/c1-10(2)16(17(23)20-18(19)24)27-15(22)6-4-12(21)11-3-5-13-14(9-11)26-8-7-25-13/h3,5,9-10,16H,4,6-8H2,1-2H3,(H3,19,20,23,24). The van der Waals surface area contributed by atoms with Gasteiger partial charge in [0.1, 0.15) is 13.2 Å². The van der Waals surface area contributed by atoms with Crippen molar-refractivity contribution < 1.29 is 33.4 Å². The predicted octanol–water partition coefficient (Wildman–Crippen LogP) is 1.18. The molecule has 1 aliphatic rings. The van der Waals surface area contributed by atoms with Crippen LogP contribution in [0.3, 0.4) is 0 Å². The second-order valence-electron chi connectivity index (χ2n) is 6.29. The second kappa shape index (κ2) is 9.02. The summed E-state index contributed by atoms with van der Waals surface area (Å²) in [5, 5.41) is 1.88. The van der Waals surface area contributed by atoms with Crippen LogP contribution in [0.2, 0.25) is 0 Å². The number of nitrogens with two attached hydrogens (primary N) is 1. The smallest absolute Gasteiger partial charge is 0.318 e. The lowest BCUT2D eigenvalue weighted by Crippen LogP contribution is -2.45. The maximum atomic E-state index is 12.3. The molecule has 0 saturated carbocycles. The van der Waals surface area contributed by atoms with E-state index in [0.717, 1.165) is 0 Å². The number of primary amides is 1. The number of amides is 3. The van der Waals surface area contributed by atoms with E-state index in [-0.39, 0.29) is 24.5 Å². The van der Waals surface area contributed by atoms with Gasteiger partial charge in [-0.05, 0) is 24.1 Å². The molecule has 9 heteroatoms. The van der Waals surface area contributed by atoms with Gasteiger partial charge < -0.3 is 19.9 Å². The zero-order valence-electron chi connectivity index (χ0n) is 15.2. The Balaban J connectivity index is 1.91. The molecule has 0 spiro atoms. The first-order valence-corrected chi connectivity index (χ1v) is 8.50. The zero-order chi connectivity index (χ0) is 20.0. The highest BCUT2D eigenvalue weighted by atomic mass is 16.6. The van der Waals surface area contributed by atoms with Gasteiger partial charge in [-0.3, -0.25) is 19.7 Å². The molecule has 3 N–H and O–H groups in total. The van der Waals surface area contributed by atoms with Gasteiger partial charge in [-0.1, -0.05) is 13.8 Å². The largest absolute Gasteiger partial charge is 0.486 e. The Labute approximate surface area is 156 Å². The second-order valence-corrected chi connectivity index (χ2v) is 6.29. The van der Waals surface area contributed by atoms with Crippen molar-refractivity contribution in [2.45, 2.75) is 32.8 Å². The monoisotopic (exact) mass is 378 g/mol. The molecule has 3 amide bonds. The lowest BCUT2D eigenvalue weighted by atomic mass is 10.0. The maximum Gasteiger partial charge on any atom is 0.318 e. The highest BCUT2D eigenvalue weighted by molar-refractivity contribution is 5.99. The average Bonchev–Trinajstić information content (AvgIpc) is 2.62. The van der Waals surface area contributed by atoms with Gasteiger partial charge in [-0.25, -0.2) is 4.79 Å². The lowest BCUT2D eigenvalue weighted by molar-refractivity contribution is -0.158. The summed E-state index contributed by atoms with van der Waals surface area (Å²) in [6.07, 6.45) is -1.48. The zero-order valence-corrected chi connectivity index (χ0v) is 15.2. The number of benzene rings is 1. The van der Waals surface area contributed by atoms with Crippen LogP contribution in [0.15, 0.2) is 18.2 Å². The molecular weight excluding hydrogens is 356 g/mol. The first-order chi connectivity index (χ1) is 12.8. The molecule has 0 fully saturated rings. The van der Waals surface area contributed by atoms with Crippen LogP contribution >= 0.6 is 0 Å². The minimum absolute atomic E-state index is 0.0965. The van der Waals surface area contributed by atoms with Crippen molar-refractivity contribution in [2.24, 2.45) is 11.7 Å². The number of ketones is 1. The van der Waals surface area contributed by atoms with E-state index in [0.29, 0.717) is 30.3 Å². The van der Waals surface area contributed by atoms with Gasteiger partial charge in [0.15, 0.2) is 23.4 Å². The van der Waals surface area contributed by atoms with Crippen LogP contribution in [0.5, 0.6) is 11.5 Å². The number of imide groups is 1. The van der Waals surface area contributed by atoms with Crippen LogP contribution in [0.25, 0.3) is 0 Å². The van der Waals surface area contributed by atoms with Crippen molar-refractivity contribution in [3.05, 3.63) is 23.8 Å². The number of nitrogens with one attached hydrogen (secondary N) is 1. The van der Waals surface area contributed by atoms with Gasteiger partial charge in [-0.2, -0.15) is 0 Å². The fraction of sp³-hybridized carbons (Fsp3) is 0.444. The lowest BCUT2D eigenvalue weighted by Gasteiger charge is -2.20. The number of ether oxygens (including phenoxy) is 3. The highest BCUT2D eigenvalue weighted by Crippen LogP contribution is 2.31. The molecule has 1 aromatic rings. The van der Waals surface area contributed by atoms with Gasteiger partial charge in [0.25, 0.3) is 5.91 Å². The van der Waals surface area contributed by atoms with E-state index in [9.17, 15) is 19.2 Å². The number of Topliss-reactive ketones (excluding diaryl/α,β-unsaturated/α-hetero) is 1. The molecule has 146 valence electrons. The molecule has 2 rings (SSSR count). The van der Waals surface area contributed by atoms with E-state index in [2.05, 4.69) is 0 Å². The highest BCUT2D eigenvalue weighted by Gasteiger charge is 2.27. The average molecular weight is 378 g/mol. The molecule has 1 aliphatic heterocycles. The van der Waals surface area contributed by atoms with Crippen LogP contribution in [0.4, 0.5) is 4.79 Å². The molecule has 9 nitrogen and oxygen atoms in total. The molecule has 27 heavy (non-hydrogen) atoms. The summed E-state index contributed by atoms with van der Waals surface area (Å²) in [4.78, 5) is 46.9. The van der Waals surface area contributed by atoms with E-state index in [4.69, 9.17) is 19.9 Å². The van der Waals surface area contributed by atoms with Crippen LogP contribution in [-0.4, -0.2) is 43.0 Å². The number of hydrogen-bond donors (Lipinski definition) is 2. The summed E-state index contributed by atoms with van der Waals surface area (Å²) >= 11 is 0. The first kappa shape index (κ1) is 20.2. The SMILES string of the molecule is CC(C)C(OC(=O)CCC(=O)c1ccc2c(c1)OCCO2)C(=O)NC(N)=O. The molecule has 1 heterocycles. The molecule has 1 unspecified atom stereocenters. The summed E-state index contributed by atoms with van der Waals surface area (Å²) in [6.45, 7) is 4.16. The van der Waals surface area contributed by atoms with Crippen molar-refractivity contribution in [1.29, 1.82) is 0 Å². The minimum Gasteiger partial charge on any atom is -0.486 e. The topological polar surface area (TPSA) is 134 Å². The summed E-state index contributed by atoms with van der Waals surface area (Å²) in [5.41, 5.74) is 5.29. The van der Waals surface area contributed by atoms with Gasteiger partial charge in [0.2, 0.25) is 0 Å². The third kappa shape index (κ3) is 5.70. The number of fused-ring (bicyclic) bond motifs is 1. The molecule has 0 radical (unpaired) electrons. The van der Waals surface area contributed by atoms with Crippen molar-refractivity contribution in [1.82, 2.24) is 5.32 Å². The minimum atomic E-state index is -1.17. The van der Waals surface area contributed by atoms with Gasteiger partial charge in [-0.15, -0.1) is 0 Å². The van der Waals surface area contributed by atoms with Crippen LogP contribution in [0.1, 0.15) is 37.0 Å². The Morgan fingerprint density at radius 1 is 1.11 bits per heavy atom. The van der Waals surface area contributed by atoms with E-state index in [1.165, 1.54) is 0 Å². The Hall–Kier alpha value is -3.10. The number of carbonyl (C=O) groups excluding carboxylic acids is 4.